The van der Waals surface area contributed by atoms with Crippen molar-refractivity contribution in [1.82, 2.24) is 4.98 Å². The topological polar surface area (TPSA) is 62.6 Å². The van der Waals surface area contributed by atoms with Crippen molar-refractivity contribution < 1.29 is 14.9 Å². The van der Waals surface area contributed by atoms with Crippen molar-refractivity contribution in [3.63, 3.8) is 0 Å². The smallest absolute Gasteiger partial charge is 0.145 e. The Kier molecular flexibility index (Phi) is 5.86. The summed E-state index contributed by atoms with van der Waals surface area (Å²) in [6.07, 6.45) is 14.6. The largest absolute Gasteiger partial charge is 0.508 e. The lowest BCUT2D eigenvalue weighted by atomic mass is 9.63. The molecule has 2 aliphatic rings. The summed E-state index contributed by atoms with van der Waals surface area (Å²) in [6.45, 7) is 0. The highest BCUT2D eigenvalue weighted by Crippen LogP contribution is 2.51. The van der Waals surface area contributed by atoms with Crippen molar-refractivity contribution in [3.05, 3.63) is 48.3 Å². The van der Waals surface area contributed by atoms with Gasteiger partial charge in [0.05, 0.1) is 11.8 Å². The molecule has 2 aromatic rings. The molecule has 4 nitrogen and oxygen atoms in total. The van der Waals surface area contributed by atoms with Crippen LogP contribution in [0, 0.1) is 11.8 Å². The van der Waals surface area contributed by atoms with Crippen molar-refractivity contribution >= 4 is 0 Å². The molecule has 4 rings (SSSR count). The highest BCUT2D eigenvalue weighted by molar-refractivity contribution is 5.45. The Balaban J connectivity index is 1.71. The van der Waals surface area contributed by atoms with Crippen LogP contribution in [0.25, 0.3) is 0 Å². The molecule has 2 aliphatic carbocycles. The lowest BCUT2D eigenvalue weighted by Gasteiger charge is -2.46. The van der Waals surface area contributed by atoms with Crippen LogP contribution < -0.4 is 4.74 Å². The fourth-order valence-corrected chi connectivity index (χ4v) is 5.30. The van der Waals surface area contributed by atoms with Crippen LogP contribution in [0.15, 0.2) is 42.7 Å². The standard InChI is InChI=1S/C24H31NO3/c26-23-14-13-20(28-21-12-7-15-25-17-21)16-22(23)24(27,18-8-3-1-4-9-18)19-10-5-2-6-11-19/h7,12-19,26-27H,1-6,8-11H2. The molecule has 0 radical (unpaired) electrons. The number of hydrogen-bond acceptors (Lipinski definition) is 4. The molecule has 0 atom stereocenters. The van der Waals surface area contributed by atoms with Gasteiger partial charge in [-0.15, -0.1) is 0 Å². The molecule has 0 unspecified atom stereocenters. The van der Waals surface area contributed by atoms with Crippen molar-refractivity contribution in [2.45, 2.75) is 69.8 Å². The van der Waals surface area contributed by atoms with Crippen LogP contribution in [0.2, 0.25) is 0 Å². The Morgan fingerprint density at radius 2 is 1.50 bits per heavy atom. The molecular weight excluding hydrogens is 350 g/mol. The Labute approximate surface area is 167 Å². The maximum atomic E-state index is 12.2. The van der Waals surface area contributed by atoms with E-state index in [4.69, 9.17) is 4.74 Å². The second kappa shape index (κ2) is 8.52. The number of pyridine rings is 1. The van der Waals surface area contributed by atoms with Gasteiger partial charge in [0.2, 0.25) is 0 Å². The minimum Gasteiger partial charge on any atom is -0.508 e. The van der Waals surface area contributed by atoms with Crippen LogP contribution >= 0.6 is 0 Å². The van der Waals surface area contributed by atoms with Gasteiger partial charge in [0, 0.05) is 11.8 Å². The predicted octanol–water partition coefficient (Wildman–Crippen LogP) is 5.93. The van der Waals surface area contributed by atoms with E-state index in [1.54, 1.807) is 24.5 Å². The van der Waals surface area contributed by atoms with Crippen LogP contribution in [-0.4, -0.2) is 15.2 Å². The van der Waals surface area contributed by atoms with E-state index in [0.717, 1.165) is 51.4 Å². The molecule has 0 amide bonds. The number of hydrogen-bond donors (Lipinski definition) is 2. The van der Waals surface area contributed by atoms with Gasteiger partial charge >= 0.3 is 0 Å². The fraction of sp³-hybridized carbons (Fsp3) is 0.542. The molecule has 4 heteroatoms. The van der Waals surface area contributed by atoms with Crippen LogP contribution in [-0.2, 0) is 5.60 Å². The first-order valence-electron chi connectivity index (χ1n) is 10.8. The molecule has 2 N–H and O–H groups in total. The third kappa shape index (κ3) is 3.88. The number of nitrogens with zero attached hydrogens (tertiary/aromatic N) is 1. The molecule has 1 aromatic carbocycles. The fourth-order valence-electron chi connectivity index (χ4n) is 5.30. The zero-order valence-corrected chi connectivity index (χ0v) is 16.5. The van der Waals surface area contributed by atoms with Crippen LogP contribution in [0.3, 0.4) is 0 Å². The van der Waals surface area contributed by atoms with E-state index < -0.39 is 5.60 Å². The van der Waals surface area contributed by atoms with Crippen LogP contribution in [0.1, 0.15) is 69.8 Å². The van der Waals surface area contributed by atoms with E-state index in [1.165, 1.54) is 12.8 Å². The van der Waals surface area contributed by atoms with Gasteiger partial charge in [-0.1, -0.05) is 38.5 Å². The molecule has 150 valence electrons. The molecule has 1 aromatic heterocycles. The number of aromatic hydroxyl groups is 1. The SMILES string of the molecule is Oc1ccc(Oc2cccnc2)cc1C(O)(C1CCCCC1)C1CCCCC1. The summed E-state index contributed by atoms with van der Waals surface area (Å²) in [4.78, 5) is 4.09. The average Bonchev–Trinajstić information content (AvgIpc) is 2.76. The normalized spacial score (nSPS) is 19.5. The van der Waals surface area contributed by atoms with E-state index >= 15 is 0 Å². The summed E-state index contributed by atoms with van der Waals surface area (Å²) in [5.74, 6) is 1.86. The van der Waals surface area contributed by atoms with E-state index in [9.17, 15) is 10.2 Å². The molecule has 1 heterocycles. The van der Waals surface area contributed by atoms with E-state index in [0.29, 0.717) is 17.1 Å². The van der Waals surface area contributed by atoms with Crippen LogP contribution in [0.4, 0.5) is 0 Å². The summed E-state index contributed by atoms with van der Waals surface area (Å²) in [5, 5.41) is 22.9. The zero-order valence-electron chi connectivity index (χ0n) is 16.5. The van der Waals surface area contributed by atoms with E-state index in [1.807, 2.05) is 18.2 Å². The minimum atomic E-state index is -0.987. The molecule has 0 bridgehead atoms. The number of aromatic nitrogens is 1. The Bertz CT molecular complexity index is 747. The third-order valence-electron chi connectivity index (χ3n) is 6.72. The first-order valence-corrected chi connectivity index (χ1v) is 10.8. The number of ether oxygens (including phenoxy) is 1. The average molecular weight is 382 g/mol. The predicted molar refractivity (Wildman–Crippen MR) is 109 cm³/mol. The van der Waals surface area contributed by atoms with Gasteiger partial charge in [-0.05, 0) is 67.9 Å². The number of aliphatic hydroxyl groups is 1. The second-order valence-electron chi connectivity index (χ2n) is 8.46. The Morgan fingerprint density at radius 3 is 2.07 bits per heavy atom. The molecule has 0 saturated heterocycles. The lowest BCUT2D eigenvalue weighted by Crippen LogP contribution is -2.44. The number of rotatable bonds is 5. The molecule has 2 fully saturated rings. The van der Waals surface area contributed by atoms with Crippen LogP contribution in [0.5, 0.6) is 17.2 Å². The van der Waals surface area contributed by atoms with Crippen molar-refractivity contribution in [2.24, 2.45) is 11.8 Å². The van der Waals surface area contributed by atoms with Gasteiger partial charge < -0.3 is 14.9 Å². The van der Waals surface area contributed by atoms with Gasteiger partial charge in [-0.25, -0.2) is 0 Å². The van der Waals surface area contributed by atoms with Crippen molar-refractivity contribution in [3.8, 4) is 17.2 Å². The van der Waals surface area contributed by atoms with E-state index in [-0.39, 0.29) is 17.6 Å². The molecular formula is C24H31NO3. The first kappa shape index (κ1) is 19.3. The van der Waals surface area contributed by atoms with Crippen molar-refractivity contribution in [1.29, 1.82) is 0 Å². The molecule has 28 heavy (non-hydrogen) atoms. The summed E-state index contributed by atoms with van der Waals surface area (Å²) >= 11 is 0. The lowest BCUT2D eigenvalue weighted by molar-refractivity contribution is -0.100. The monoisotopic (exact) mass is 381 g/mol. The molecule has 0 spiro atoms. The maximum Gasteiger partial charge on any atom is 0.145 e. The van der Waals surface area contributed by atoms with E-state index in [2.05, 4.69) is 4.98 Å². The molecule has 2 saturated carbocycles. The minimum absolute atomic E-state index is 0.178. The van der Waals surface area contributed by atoms with Gasteiger partial charge in [-0.2, -0.15) is 0 Å². The van der Waals surface area contributed by atoms with Gasteiger partial charge in [0.25, 0.3) is 0 Å². The summed E-state index contributed by atoms with van der Waals surface area (Å²) in [6, 6.07) is 8.96. The second-order valence-corrected chi connectivity index (χ2v) is 8.46. The number of phenols is 1. The Morgan fingerprint density at radius 1 is 0.857 bits per heavy atom. The van der Waals surface area contributed by atoms with Crippen molar-refractivity contribution in [2.75, 3.05) is 0 Å². The highest BCUT2D eigenvalue weighted by Gasteiger charge is 2.47. The first-order chi connectivity index (χ1) is 13.7. The van der Waals surface area contributed by atoms with Gasteiger partial charge in [0.1, 0.15) is 17.2 Å². The van der Waals surface area contributed by atoms with Gasteiger partial charge in [-0.3, -0.25) is 4.98 Å². The maximum absolute atomic E-state index is 12.2. The number of benzene rings is 1. The summed E-state index contributed by atoms with van der Waals surface area (Å²) < 4.78 is 5.96. The molecule has 0 aliphatic heterocycles. The summed E-state index contributed by atoms with van der Waals surface area (Å²) in [5.41, 5.74) is -0.341. The highest BCUT2D eigenvalue weighted by atomic mass is 16.5. The zero-order chi connectivity index (χ0) is 19.4. The third-order valence-corrected chi connectivity index (χ3v) is 6.72. The Hall–Kier alpha value is -2.07. The quantitative estimate of drug-likeness (QED) is 0.674. The number of phenolic OH excluding ortho intramolecular Hbond substituents is 1. The summed E-state index contributed by atoms with van der Waals surface area (Å²) in [7, 11) is 0. The van der Waals surface area contributed by atoms with Gasteiger partial charge in [0.15, 0.2) is 0 Å².